The van der Waals surface area contributed by atoms with Crippen LogP contribution in [0.2, 0.25) is 0 Å². The van der Waals surface area contributed by atoms with Gasteiger partial charge in [0.15, 0.2) is 5.76 Å². The molecule has 2 amide bonds. The largest absolute Gasteiger partial charge is 0.459 e. The zero-order valence-corrected chi connectivity index (χ0v) is 13.5. The highest BCUT2D eigenvalue weighted by Crippen LogP contribution is 2.33. The quantitative estimate of drug-likeness (QED) is 0.787. The minimum absolute atomic E-state index is 0.0984. The molecule has 0 bridgehead atoms. The van der Waals surface area contributed by atoms with Crippen LogP contribution in [-0.2, 0) is 4.79 Å². The van der Waals surface area contributed by atoms with Crippen molar-refractivity contribution in [2.24, 2.45) is 0 Å². The summed E-state index contributed by atoms with van der Waals surface area (Å²) in [6.45, 7) is 7.04. The topological polar surface area (TPSA) is 57.0 Å². The molecule has 2 aliphatic rings. The molecule has 0 atom stereocenters. The van der Waals surface area contributed by atoms with E-state index in [1.165, 1.54) is 6.26 Å². The normalized spacial score (nSPS) is 21.7. The van der Waals surface area contributed by atoms with Crippen molar-refractivity contribution in [3.63, 3.8) is 0 Å². The lowest BCUT2D eigenvalue weighted by atomic mass is 9.82. The molecule has 1 aromatic heterocycles. The predicted octanol–water partition coefficient (Wildman–Crippen LogP) is 1.21. The third-order valence-electron chi connectivity index (χ3n) is 5.08. The lowest BCUT2D eigenvalue weighted by molar-refractivity contribution is -0.153. The Kier molecular flexibility index (Phi) is 4.26. The van der Waals surface area contributed by atoms with Crippen LogP contribution in [0.25, 0.3) is 0 Å². The minimum Gasteiger partial charge on any atom is -0.459 e. The molecular formula is C17H23N3O3. The van der Waals surface area contributed by atoms with Crippen molar-refractivity contribution in [1.29, 1.82) is 0 Å². The van der Waals surface area contributed by atoms with E-state index in [2.05, 4.69) is 11.5 Å². The molecule has 0 aromatic carbocycles. The van der Waals surface area contributed by atoms with Crippen molar-refractivity contribution >= 4 is 11.8 Å². The Hall–Kier alpha value is -2.08. The first-order valence-corrected chi connectivity index (χ1v) is 8.03. The molecule has 0 N–H and O–H groups in total. The second kappa shape index (κ2) is 6.20. The first kappa shape index (κ1) is 15.8. The molecule has 23 heavy (non-hydrogen) atoms. The van der Waals surface area contributed by atoms with Gasteiger partial charge < -0.3 is 14.2 Å². The Morgan fingerprint density at radius 2 is 2.09 bits per heavy atom. The minimum atomic E-state index is -0.485. The molecule has 1 aromatic rings. The summed E-state index contributed by atoms with van der Waals surface area (Å²) >= 11 is 0. The fourth-order valence-electron chi connectivity index (χ4n) is 3.61. The van der Waals surface area contributed by atoms with Gasteiger partial charge in [0.05, 0.1) is 6.26 Å². The van der Waals surface area contributed by atoms with Crippen molar-refractivity contribution in [2.75, 3.05) is 39.8 Å². The van der Waals surface area contributed by atoms with Crippen molar-refractivity contribution in [3.8, 4) is 0 Å². The molecule has 0 saturated carbocycles. The molecule has 0 unspecified atom stereocenters. The summed E-state index contributed by atoms with van der Waals surface area (Å²) in [5.41, 5.74) is -0.485. The number of hydrogen-bond donors (Lipinski definition) is 0. The number of furan rings is 1. The van der Waals surface area contributed by atoms with Gasteiger partial charge in [-0.15, -0.1) is 6.58 Å². The van der Waals surface area contributed by atoms with Gasteiger partial charge in [-0.25, -0.2) is 0 Å². The van der Waals surface area contributed by atoms with E-state index in [-0.39, 0.29) is 11.8 Å². The maximum absolute atomic E-state index is 12.9. The smallest absolute Gasteiger partial charge is 0.289 e. The Balaban J connectivity index is 1.72. The monoisotopic (exact) mass is 317 g/mol. The van der Waals surface area contributed by atoms with E-state index in [0.717, 1.165) is 13.1 Å². The summed E-state index contributed by atoms with van der Waals surface area (Å²) in [6.07, 6.45) is 4.58. The van der Waals surface area contributed by atoms with Gasteiger partial charge in [0.2, 0.25) is 5.91 Å². The summed E-state index contributed by atoms with van der Waals surface area (Å²) in [5, 5.41) is 0. The van der Waals surface area contributed by atoms with Crippen LogP contribution in [0.15, 0.2) is 35.5 Å². The summed E-state index contributed by atoms with van der Waals surface area (Å²) in [5.74, 6) is 0.424. The molecule has 6 nitrogen and oxygen atoms in total. The fraction of sp³-hybridized carbons (Fsp3) is 0.529. The van der Waals surface area contributed by atoms with E-state index in [9.17, 15) is 9.59 Å². The van der Waals surface area contributed by atoms with E-state index >= 15 is 0 Å². The SMILES string of the molecule is C=CCN1CCN(C)C2(CCN(C(=O)c3ccco3)CC2)C1=O. The van der Waals surface area contributed by atoms with Gasteiger partial charge in [-0.3, -0.25) is 14.5 Å². The second-order valence-corrected chi connectivity index (χ2v) is 6.26. The maximum Gasteiger partial charge on any atom is 0.289 e. The number of piperidine rings is 1. The van der Waals surface area contributed by atoms with Crippen LogP contribution in [0.3, 0.4) is 0 Å². The highest BCUT2D eigenvalue weighted by molar-refractivity contribution is 5.92. The average Bonchev–Trinajstić information content (AvgIpc) is 3.10. The van der Waals surface area contributed by atoms with Gasteiger partial charge in [-0.1, -0.05) is 6.08 Å². The number of amides is 2. The number of carbonyl (C=O) groups excluding carboxylic acids is 2. The highest BCUT2D eigenvalue weighted by Gasteiger charge is 2.49. The van der Waals surface area contributed by atoms with Crippen LogP contribution in [0.1, 0.15) is 23.4 Å². The van der Waals surface area contributed by atoms with Crippen LogP contribution < -0.4 is 0 Å². The number of carbonyl (C=O) groups is 2. The standard InChI is InChI=1S/C17H23N3O3/c1-3-8-20-12-11-18(2)17(16(20)22)6-9-19(10-7-17)15(21)14-5-4-13-23-14/h3-5,13H,1,6-12H2,2H3. The van der Waals surface area contributed by atoms with Crippen molar-refractivity contribution in [2.45, 2.75) is 18.4 Å². The van der Waals surface area contributed by atoms with Crippen LogP contribution in [0.5, 0.6) is 0 Å². The zero-order chi connectivity index (χ0) is 16.4. The van der Waals surface area contributed by atoms with Crippen molar-refractivity contribution in [1.82, 2.24) is 14.7 Å². The third-order valence-corrected chi connectivity index (χ3v) is 5.08. The molecule has 2 fully saturated rings. The van der Waals surface area contributed by atoms with E-state index in [1.807, 2.05) is 11.9 Å². The Morgan fingerprint density at radius 3 is 2.70 bits per heavy atom. The number of nitrogens with zero attached hydrogens (tertiary/aromatic N) is 3. The summed E-state index contributed by atoms with van der Waals surface area (Å²) in [7, 11) is 2.01. The number of rotatable bonds is 3. The average molecular weight is 317 g/mol. The Labute approximate surface area is 136 Å². The molecule has 124 valence electrons. The lowest BCUT2D eigenvalue weighted by Crippen LogP contribution is -2.67. The molecule has 6 heteroatoms. The summed E-state index contributed by atoms with van der Waals surface area (Å²) in [4.78, 5) is 31.1. The molecule has 0 radical (unpaired) electrons. The summed E-state index contributed by atoms with van der Waals surface area (Å²) < 4.78 is 5.19. The molecule has 3 rings (SSSR count). The number of hydrogen-bond acceptors (Lipinski definition) is 4. The molecule has 1 spiro atoms. The van der Waals surface area contributed by atoms with Gasteiger partial charge in [-0.05, 0) is 32.0 Å². The zero-order valence-electron chi connectivity index (χ0n) is 13.5. The molecule has 2 aliphatic heterocycles. The molecule has 2 saturated heterocycles. The van der Waals surface area contributed by atoms with Crippen LogP contribution >= 0.6 is 0 Å². The van der Waals surface area contributed by atoms with E-state index < -0.39 is 5.54 Å². The van der Waals surface area contributed by atoms with Gasteiger partial charge in [-0.2, -0.15) is 0 Å². The Bertz CT molecular complexity index is 588. The van der Waals surface area contributed by atoms with Gasteiger partial charge in [0.1, 0.15) is 5.54 Å². The van der Waals surface area contributed by atoms with Crippen molar-refractivity contribution < 1.29 is 14.0 Å². The number of likely N-dealkylation sites (N-methyl/N-ethyl adjacent to an activating group) is 1. The highest BCUT2D eigenvalue weighted by atomic mass is 16.3. The molecule has 3 heterocycles. The van der Waals surface area contributed by atoms with Gasteiger partial charge in [0, 0.05) is 32.7 Å². The van der Waals surface area contributed by atoms with Crippen LogP contribution in [0, 0.1) is 0 Å². The maximum atomic E-state index is 12.9. The lowest BCUT2D eigenvalue weighted by Gasteiger charge is -2.51. The number of piperazine rings is 1. The third kappa shape index (κ3) is 2.67. The van der Waals surface area contributed by atoms with Crippen LogP contribution in [-0.4, -0.2) is 71.8 Å². The molecule has 0 aliphatic carbocycles. The van der Waals surface area contributed by atoms with Crippen LogP contribution in [0.4, 0.5) is 0 Å². The summed E-state index contributed by atoms with van der Waals surface area (Å²) in [6, 6.07) is 3.39. The van der Waals surface area contributed by atoms with E-state index in [1.54, 1.807) is 23.1 Å². The predicted molar refractivity (Wildman–Crippen MR) is 86.0 cm³/mol. The Morgan fingerprint density at radius 1 is 1.35 bits per heavy atom. The van der Waals surface area contributed by atoms with Crippen molar-refractivity contribution in [3.05, 3.63) is 36.8 Å². The second-order valence-electron chi connectivity index (χ2n) is 6.26. The first-order valence-electron chi connectivity index (χ1n) is 8.03. The van der Waals surface area contributed by atoms with E-state index in [0.29, 0.717) is 38.2 Å². The van der Waals surface area contributed by atoms with Gasteiger partial charge >= 0.3 is 0 Å². The van der Waals surface area contributed by atoms with Gasteiger partial charge in [0.25, 0.3) is 5.91 Å². The molecular weight excluding hydrogens is 294 g/mol. The van der Waals surface area contributed by atoms with E-state index in [4.69, 9.17) is 4.42 Å². The first-order chi connectivity index (χ1) is 11.1. The fourth-order valence-corrected chi connectivity index (χ4v) is 3.61. The number of likely N-dealkylation sites (tertiary alicyclic amines) is 1.